The summed E-state index contributed by atoms with van der Waals surface area (Å²) in [4.78, 5) is 17.4. The van der Waals surface area contributed by atoms with Crippen molar-refractivity contribution in [1.82, 2.24) is 9.47 Å². The minimum atomic E-state index is -0.206. The van der Waals surface area contributed by atoms with Crippen LogP contribution < -0.4 is 4.90 Å². The number of hydrogen-bond donors (Lipinski definition) is 0. The van der Waals surface area contributed by atoms with Crippen LogP contribution in [0.5, 0.6) is 0 Å². The van der Waals surface area contributed by atoms with Gasteiger partial charge in [0.1, 0.15) is 11.5 Å². The molecule has 2 aromatic carbocycles. The van der Waals surface area contributed by atoms with Crippen LogP contribution in [0.4, 0.5) is 10.1 Å². The molecule has 3 aromatic rings. The second-order valence-corrected chi connectivity index (χ2v) is 7.73. The number of halogens is 1. The summed E-state index contributed by atoms with van der Waals surface area (Å²) in [6.45, 7) is 7.54. The van der Waals surface area contributed by atoms with Gasteiger partial charge in [0.2, 0.25) is 0 Å². The molecule has 152 valence electrons. The van der Waals surface area contributed by atoms with Gasteiger partial charge in [0.25, 0.3) is 5.91 Å². The van der Waals surface area contributed by atoms with Crippen molar-refractivity contribution in [2.45, 2.75) is 33.2 Å². The summed E-state index contributed by atoms with van der Waals surface area (Å²) in [5.74, 6) is -0.120. The molecule has 0 unspecified atom stereocenters. The highest BCUT2D eigenvalue weighted by Crippen LogP contribution is 2.28. The fourth-order valence-electron chi connectivity index (χ4n) is 4.31. The summed E-state index contributed by atoms with van der Waals surface area (Å²) in [7, 11) is 0. The molecule has 0 atom stereocenters. The molecule has 1 saturated heterocycles. The molecule has 4 nitrogen and oxygen atoms in total. The Kier molecular flexibility index (Phi) is 5.56. The number of hydrogen-bond acceptors (Lipinski definition) is 2. The molecule has 4 rings (SSSR count). The fraction of sp³-hybridized carbons (Fsp3) is 0.375. The highest BCUT2D eigenvalue weighted by atomic mass is 19.1. The number of rotatable bonds is 5. The molecule has 0 aliphatic carbocycles. The Morgan fingerprint density at radius 1 is 1.00 bits per heavy atom. The summed E-state index contributed by atoms with van der Waals surface area (Å²) in [5, 5.41) is 1.15. The van der Waals surface area contributed by atoms with Crippen molar-refractivity contribution in [2.24, 2.45) is 0 Å². The normalized spacial score (nSPS) is 14.6. The lowest BCUT2D eigenvalue weighted by Gasteiger charge is -2.36. The first-order valence-corrected chi connectivity index (χ1v) is 10.5. The number of fused-ring (bicyclic) bond motifs is 1. The van der Waals surface area contributed by atoms with Crippen LogP contribution in [0.3, 0.4) is 0 Å². The Balaban J connectivity index is 1.58. The van der Waals surface area contributed by atoms with Crippen LogP contribution in [-0.2, 0) is 6.54 Å². The molecule has 0 N–H and O–H groups in total. The van der Waals surface area contributed by atoms with E-state index in [-0.39, 0.29) is 11.7 Å². The number of carbonyl (C=O) groups is 1. The van der Waals surface area contributed by atoms with E-state index in [4.69, 9.17) is 0 Å². The predicted octanol–water partition coefficient (Wildman–Crippen LogP) is 4.85. The molecule has 5 heteroatoms. The lowest BCUT2D eigenvalue weighted by molar-refractivity contribution is 0.0735. The molecule has 1 aliphatic heterocycles. The predicted molar refractivity (Wildman–Crippen MR) is 116 cm³/mol. The van der Waals surface area contributed by atoms with E-state index in [1.54, 1.807) is 12.1 Å². The van der Waals surface area contributed by atoms with E-state index in [9.17, 15) is 9.18 Å². The van der Waals surface area contributed by atoms with Gasteiger partial charge in [-0.25, -0.2) is 4.39 Å². The SMILES string of the molecule is CCCCn1c(C(=O)N2CCN(c3ccccc3F)CC2)c(C)c2ccccc21. The smallest absolute Gasteiger partial charge is 0.270 e. The molecular weight excluding hydrogens is 365 g/mol. The molecule has 0 bridgehead atoms. The number of anilines is 1. The molecule has 2 heterocycles. The Hall–Kier alpha value is -2.82. The first-order valence-electron chi connectivity index (χ1n) is 10.5. The van der Waals surface area contributed by atoms with E-state index in [0.717, 1.165) is 41.5 Å². The van der Waals surface area contributed by atoms with Crippen molar-refractivity contribution >= 4 is 22.5 Å². The summed E-state index contributed by atoms with van der Waals surface area (Å²) >= 11 is 0. The first-order chi connectivity index (χ1) is 14.1. The van der Waals surface area contributed by atoms with E-state index >= 15 is 0 Å². The maximum atomic E-state index is 14.1. The van der Waals surface area contributed by atoms with E-state index < -0.39 is 0 Å². The minimum Gasteiger partial charge on any atom is -0.366 e. The number of amides is 1. The maximum absolute atomic E-state index is 14.1. The van der Waals surface area contributed by atoms with Crippen LogP contribution in [0.15, 0.2) is 48.5 Å². The zero-order chi connectivity index (χ0) is 20.4. The van der Waals surface area contributed by atoms with Crippen molar-refractivity contribution in [3.8, 4) is 0 Å². The van der Waals surface area contributed by atoms with E-state index in [1.807, 2.05) is 34.9 Å². The Bertz CT molecular complexity index is 1020. The lowest BCUT2D eigenvalue weighted by atomic mass is 10.1. The van der Waals surface area contributed by atoms with Gasteiger partial charge in [-0.1, -0.05) is 43.7 Å². The fourth-order valence-corrected chi connectivity index (χ4v) is 4.31. The molecule has 0 radical (unpaired) electrons. The van der Waals surface area contributed by atoms with Crippen LogP contribution in [0.25, 0.3) is 10.9 Å². The van der Waals surface area contributed by atoms with Crippen LogP contribution in [-0.4, -0.2) is 41.6 Å². The number of nitrogens with zero attached hydrogens (tertiary/aromatic N) is 3. The van der Waals surface area contributed by atoms with Crippen molar-refractivity contribution in [2.75, 3.05) is 31.1 Å². The van der Waals surface area contributed by atoms with Crippen molar-refractivity contribution in [3.63, 3.8) is 0 Å². The molecule has 0 spiro atoms. The van der Waals surface area contributed by atoms with Gasteiger partial charge < -0.3 is 14.4 Å². The van der Waals surface area contributed by atoms with Crippen LogP contribution in [0.1, 0.15) is 35.8 Å². The summed E-state index contributed by atoms with van der Waals surface area (Å²) in [5.41, 5.74) is 3.61. The number of piperazine rings is 1. The van der Waals surface area contributed by atoms with E-state index in [2.05, 4.69) is 23.6 Å². The topological polar surface area (TPSA) is 28.5 Å². The Morgan fingerprint density at radius 2 is 1.69 bits per heavy atom. The molecule has 1 fully saturated rings. The van der Waals surface area contributed by atoms with Gasteiger partial charge in [-0.15, -0.1) is 0 Å². The number of carbonyl (C=O) groups excluding carboxylic acids is 1. The van der Waals surface area contributed by atoms with Gasteiger partial charge in [-0.3, -0.25) is 4.79 Å². The van der Waals surface area contributed by atoms with E-state index in [1.165, 1.54) is 6.07 Å². The van der Waals surface area contributed by atoms with Crippen LogP contribution >= 0.6 is 0 Å². The van der Waals surface area contributed by atoms with Crippen molar-refractivity contribution in [1.29, 1.82) is 0 Å². The number of unbranched alkanes of at least 4 members (excludes halogenated alkanes) is 1. The lowest BCUT2D eigenvalue weighted by Crippen LogP contribution is -2.49. The molecule has 1 amide bonds. The first kappa shape index (κ1) is 19.5. The zero-order valence-corrected chi connectivity index (χ0v) is 17.2. The van der Waals surface area contributed by atoms with Gasteiger partial charge in [0.05, 0.1) is 5.69 Å². The van der Waals surface area contributed by atoms with Gasteiger partial charge in [-0.2, -0.15) is 0 Å². The maximum Gasteiger partial charge on any atom is 0.270 e. The second-order valence-electron chi connectivity index (χ2n) is 7.73. The number of aryl methyl sites for hydroxylation is 2. The minimum absolute atomic E-state index is 0.0861. The number of para-hydroxylation sites is 2. The number of aromatic nitrogens is 1. The Labute approximate surface area is 171 Å². The summed E-state index contributed by atoms with van der Waals surface area (Å²) < 4.78 is 16.3. The molecular formula is C24H28FN3O. The van der Waals surface area contributed by atoms with Gasteiger partial charge in [0.15, 0.2) is 0 Å². The van der Waals surface area contributed by atoms with Gasteiger partial charge in [-0.05, 0) is 37.1 Å². The average molecular weight is 394 g/mol. The standard InChI is InChI=1S/C24H28FN3O/c1-3-4-13-28-21-11-7-5-9-19(21)18(2)23(28)24(29)27-16-14-26(15-17-27)22-12-8-6-10-20(22)25/h5-12H,3-4,13-17H2,1-2H3. The third-order valence-corrected chi connectivity index (χ3v) is 5.92. The molecule has 29 heavy (non-hydrogen) atoms. The highest BCUT2D eigenvalue weighted by Gasteiger charge is 2.28. The second kappa shape index (κ2) is 8.27. The third-order valence-electron chi connectivity index (χ3n) is 5.92. The quantitative estimate of drug-likeness (QED) is 0.620. The average Bonchev–Trinajstić information content (AvgIpc) is 3.04. The third kappa shape index (κ3) is 3.61. The Morgan fingerprint density at radius 3 is 2.41 bits per heavy atom. The molecule has 1 aromatic heterocycles. The van der Waals surface area contributed by atoms with Crippen LogP contribution in [0.2, 0.25) is 0 Å². The molecule has 0 saturated carbocycles. The number of benzene rings is 2. The van der Waals surface area contributed by atoms with Gasteiger partial charge >= 0.3 is 0 Å². The van der Waals surface area contributed by atoms with Crippen molar-refractivity contribution < 1.29 is 9.18 Å². The van der Waals surface area contributed by atoms with Crippen molar-refractivity contribution in [3.05, 3.63) is 65.6 Å². The summed E-state index contributed by atoms with van der Waals surface area (Å²) in [6.07, 6.45) is 2.12. The largest absolute Gasteiger partial charge is 0.366 e. The van der Waals surface area contributed by atoms with E-state index in [0.29, 0.717) is 31.9 Å². The highest BCUT2D eigenvalue weighted by molar-refractivity contribution is 6.01. The molecule has 1 aliphatic rings. The van der Waals surface area contributed by atoms with Crippen LogP contribution in [0, 0.1) is 12.7 Å². The van der Waals surface area contributed by atoms with Gasteiger partial charge in [0, 0.05) is 43.6 Å². The summed E-state index contributed by atoms with van der Waals surface area (Å²) in [6, 6.07) is 15.1. The monoisotopic (exact) mass is 393 g/mol. The zero-order valence-electron chi connectivity index (χ0n) is 17.2.